The van der Waals surface area contributed by atoms with E-state index in [4.69, 9.17) is 0 Å². The lowest BCUT2D eigenvalue weighted by molar-refractivity contribution is -0.120. The van der Waals surface area contributed by atoms with Gasteiger partial charge in [0.2, 0.25) is 5.91 Å². The molecule has 1 aromatic carbocycles. The zero-order valence-corrected chi connectivity index (χ0v) is 17.9. The lowest BCUT2D eigenvalue weighted by Gasteiger charge is -2.32. The van der Waals surface area contributed by atoms with Gasteiger partial charge in [0.1, 0.15) is 5.75 Å². The number of carbonyl (C=O) groups is 1. The molecule has 1 aliphatic heterocycles. The van der Waals surface area contributed by atoms with E-state index in [2.05, 4.69) is 28.7 Å². The minimum absolute atomic E-state index is 0.0717. The number of phenols is 1. The van der Waals surface area contributed by atoms with Crippen molar-refractivity contribution in [2.45, 2.75) is 32.6 Å². The summed E-state index contributed by atoms with van der Waals surface area (Å²) < 4.78 is 0. The fourth-order valence-corrected chi connectivity index (χ4v) is 3.34. The molecule has 1 saturated heterocycles. The van der Waals surface area contributed by atoms with Gasteiger partial charge in [0.25, 0.3) is 0 Å². The Labute approximate surface area is 175 Å². The van der Waals surface area contributed by atoms with E-state index in [1.807, 2.05) is 25.1 Å². The summed E-state index contributed by atoms with van der Waals surface area (Å²) in [4.78, 5) is 17.1. The summed E-state index contributed by atoms with van der Waals surface area (Å²) in [5, 5.41) is 12.7. The quantitative estimate of drug-likeness (QED) is 0.466. The molecule has 2 N–H and O–H groups in total. The van der Waals surface area contributed by atoms with Crippen molar-refractivity contribution in [1.29, 1.82) is 0 Å². The molecule has 158 valence electrons. The number of nitrogens with zero attached hydrogens (tertiary/aromatic N) is 2. The predicted octanol–water partition coefficient (Wildman–Crippen LogP) is 3.79. The molecule has 0 bridgehead atoms. The second kappa shape index (κ2) is 12.2. The second-order valence-corrected chi connectivity index (χ2v) is 7.57. The fourth-order valence-electron chi connectivity index (χ4n) is 3.34. The second-order valence-electron chi connectivity index (χ2n) is 7.57. The molecular formula is C24H35N3O2. The smallest absolute Gasteiger partial charge is 0.224 e. The van der Waals surface area contributed by atoms with E-state index < -0.39 is 0 Å². The highest BCUT2D eigenvalue weighted by molar-refractivity contribution is 5.78. The Hall–Kier alpha value is -2.37. The van der Waals surface area contributed by atoms with Crippen LogP contribution in [-0.2, 0) is 4.79 Å². The molecule has 0 atom stereocenters. The number of phenolic OH excluding ortho intramolecular Hbond substituents is 1. The number of rotatable bonds is 10. The first-order chi connectivity index (χ1) is 14.0. The van der Waals surface area contributed by atoms with E-state index in [1.165, 1.54) is 0 Å². The number of aromatic hydroxyl groups is 1. The molecule has 5 heteroatoms. The van der Waals surface area contributed by atoms with E-state index >= 15 is 0 Å². The molecule has 0 aliphatic carbocycles. The van der Waals surface area contributed by atoms with Crippen LogP contribution in [0.2, 0.25) is 0 Å². The maximum atomic E-state index is 12.3. The zero-order valence-electron chi connectivity index (χ0n) is 17.9. The molecule has 0 spiro atoms. The van der Waals surface area contributed by atoms with Crippen LogP contribution in [0.1, 0.15) is 38.2 Å². The summed E-state index contributed by atoms with van der Waals surface area (Å²) in [7, 11) is 2.16. The van der Waals surface area contributed by atoms with Crippen LogP contribution in [0.5, 0.6) is 5.75 Å². The summed E-state index contributed by atoms with van der Waals surface area (Å²) in [5.74, 6) is 0.294. The van der Waals surface area contributed by atoms with Crippen LogP contribution in [0.3, 0.4) is 0 Å². The third-order valence-corrected chi connectivity index (χ3v) is 5.27. The molecule has 0 radical (unpaired) electrons. The van der Waals surface area contributed by atoms with Crippen LogP contribution < -0.4 is 5.32 Å². The van der Waals surface area contributed by atoms with Gasteiger partial charge in [0.15, 0.2) is 0 Å². The van der Waals surface area contributed by atoms with Gasteiger partial charge >= 0.3 is 0 Å². The van der Waals surface area contributed by atoms with Crippen molar-refractivity contribution in [2.75, 3.05) is 39.8 Å². The van der Waals surface area contributed by atoms with Gasteiger partial charge < -0.3 is 20.2 Å². The van der Waals surface area contributed by atoms with Gasteiger partial charge in [-0.25, -0.2) is 0 Å². The molecular weight excluding hydrogens is 362 g/mol. The minimum atomic E-state index is 0.0717. The molecule has 0 unspecified atom stereocenters. The summed E-state index contributed by atoms with van der Waals surface area (Å²) in [5.41, 5.74) is 2.67. The largest absolute Gasteiger partial charge is 0.508 e. The zero-order chi connectivity index (χ0) is 21.1. The molecule has 1 fully saturated rings. The van der Waals surface area contributed by atoms with Crippen LogP contribution in [0.25, 0.3) is 5.57 Å². The third-order valence-electron chi connectivity index (χ3n) is 5.27. The Morgan fingerprint density at radius 3 is 2.62 bits per heavy atom. The fraction of sp³-hybridized carbons (Fsp3) is 0.458. The number of hydrogen-bond acceptors (Lipinski definition) is 4. The molecule has 2 rings (SSSR count). The molecule has 1 aromatic rings. The Morgan fingerprint density at radius 2 is 1.97 bits per heavy atom. The number of hydrogen-bond donors (Lipinski definition) is 2. The molecule has 5 nitrogen and oxygen atoms in total. The van der Waals surface area contributed by atoms with E-state index in [1.54, 1.807) is 24.3 Å². The number of benzene rings is 1. The van der Waals surface area contributed by atoms with Gasteiger partial charge in [-0.2, -0.15) is 0 Å². The van der Waals surface area contributed by atoms with Crippen LogP contribution in [0, 0.1) is 0 Å². The highest BCUT2D eigenvalue weighted by Gasteiger charge is 2.13. The first-order valence-electron chi connectivity index (χ1n) is 10.5. The highest BCUT2D eigenvalue weighted by Crippen LogP contribution is 2.20. The van der Waals surface area contributed by atoms with Gasteiger partial charge in [0.05, 0.1) is 0 Å². The highest BCUT2D eigenvalue weighted by atomic mass is 16.3. The normalized spacial score (nSPS) is 16.6. The van der Waals surface area contributed by atoms with Crippen molar-refractivity contribution < 1.29 is 9.90 Å². The lowest BCUT2D eigenvalue weighted by atomic mass is 10.0. The lowest BCUT2D eigenvalue weighted by Crippen LogP contribution is -2.44. The van der Waals surface area contributed by atoms with Crippen LogP contribution in [-0.4, -0.2) is 60.6 Å². The van der Waals surface area contributed by atoms with Crippen molar-refractivity contribution in [3.63, 3.8) is 0 Å². The first-order valence-corrected chi connectivity index (χ1v) is 10.5. The van der Waals surface area contributed by atoms with Gasteiger partial charge in [0, 0.05) is 38.3 Å². The topological polar surface area (TPSA) is 55.8 Å². The van der Waals surface area contributed by atoms with E-state index in [0.717, 1.165) is 68.8 Å². The van der Waals surface area contributed by atoms with E-state index in [0.29, 0.717) is 6.42 Å². The maximum absolute atomic E-state index is 12.3. The minimum Gasteiger partial charge on any atom is -0.508 e. The number of carbonyl (C=O) groups excluding carboxylic acids is 1. The number of piperazine rings is 1. The van der Waals surface area contributed by atoms with Crippen LogP contribution in [0.15, 0.2) is 54.8 Å². The van der Waals surface area contributed by atoms with Gasteiger partial charge in [-0.3, -0.25) is 4.79 Å². The number of unbranched alkanes of at least 4 members (excludes halogenated alkanes) is 1. The molecule has 29 heavy (non-hydrogen) atoms. The third kappa shape index (κ3) is 8.26. The van der Waals surface area contributed by atoms with Crippen molar-refractivity contribution in [3.05, 3.63) is 60.3 Å². The summed E-state index contributed by atoms with van der Waals surface area (Å²) in [6.45, 7) is 11.5. The molecule has 0 saturated carbocycles. The van der Waals surface area contributed by atoms with Crippen molar-refractivity contribution in [1.82, 2.24) is 15.1 Å². The number of amides is 1. The summed E-state index contributed by atoms with van der Waals surface area (Å²) >= 11 is 0. The summed E-state index contributed by atoms with van der Waals surface area (Å²) in [6.07, 6.45) is 8.85. The SMILES string of the molecule is C=C/C(=C\C=C(/CC)NC(=O)CCCCN1CCN(C)CC1)c1cccc(O)c1. The molecule has 1 aliphatic rings. The van der Waals surface area contributed by atoms with Gasteiger partial charge in [-0.05, 0) is 62.2 Å². The Kier molecular flexibility index (Phi) is 9.68. The van der Waals surface area contributed by atoms with Crippen molar-refractivity contribution in [2.24, 2.45) is 0 Å². The maximum Gasteiger partial charge on any atom is 0.224 e. The monoisotopic (exact) mass is 397 g/mol. The predicted molar refractivity (Wildman–Crippen MR) is 121 cm³/mol. The number of nitrogens with one attached hydrogen (secondary N) is 1. The molecule has 0 aromatic heterocycles. The Bertz CT molecular complexity index is 731. The number of likely N-dealkylation sites (N-methyl/N-ethyl adjacent to an activating group) is 1. The van der Waals surface area contributed by atoms with Crippen LogP contribution >= 0.6 is 0 Å². The summed E-state index contributed by atoms with van der Waals surface area (Å²) in [6, 6.07) is 7.06. The Balaban J connectivity index is 1.80. The van der Waals surface area contributed by atoms with E-state index in [-0.39, 0.29) is 11.7 Å². The van der Waals surface area contributed by atoms with Crippen LogP contribution in [0.4, 0.5) is 0 Å². The Morgan fingerprint density at radius 1 is 1.21 bits per heavy atom. The van der Waals surface area contributed by atoms with Crippen molar-refractivity contribution >= 4 is 11.5 Å². The average Bonchev–Trinajstić information content (AvgIpc) is 2.72. The van der Waals surface area contributed by atoms with Crippen molar-refractivity contribution in [3.8, 4) is 5.75 Å². The molecule has 1 amide bonds. The average molecular weight is 398 g/mol. The van der Waals surface area contributed by atoms with Gasteiger partial charge in [-0.1, -0.05) is 37.8 Å². The standard InChI is InChI=1S/C24H35N3O2/c1-4-20(21-9-8-10-23(28)19-21)12-13-22(5-2)25-24(29)11-6-7-14-27-17-15-26(3)16-18-27/h4,8-10,12-13,19,28H,1,5-7,11,14-18H2,2-3H3,(H,25,29)/b20-12+,22-13+. The first kappa shape index (κ1) is 22.9. The van der Waals surface area contributed by atoms with Gasteiger partial charge in [-0.15, -0.1) is 0 Å². The molecule has 1 heterocycles. The number of allylic oxidation sites excluding steroid dienone is 5. The van der Waals surface area contributed by atoms with E-state index in [9.17, 15) is 9.90 Å².